The highest BCUT2D eigenvalue weighted by Crippen LogP contribution is 2.26. The summed E-state index contributed by atoms with van der Waals surface area (Å²) >= 11 is 5.80. The van der Waals surface area contributed by atoms with Crippen molar-refractivity contribution < 1.29 is 5.11 Å². The maximum absolute atomic E-state index is 11.2. The maximum Gasteiger partial charge on any atom is 0.271 e. The Hall–Kier alpha value is -1.07. The van der Waals surface area contributed by atoms with E-state index in [1.165, 1.54) is 6.33 Å². The Morgan fingerprint density at radius 2 is 2.00 bits per heavy atom. The van der Waals surface area contributed by atoms with Gasteiger partial charge in [-0.25, -0.2) is 4.98 Å². The van der Waals surface area contributed by atoms with Crippen LogP contribution in [0.1, 0.15) is 27.7 Å². The minimum Gasteiger partial charge on any atom is -0.388 e. The van der Waals surface area contributed by atoms with Gasteiger partial charge in [0, 0.05) is 0 Å². The van der Waals surface area contributed by atoms with E-state index in [4.69, 9.17) is 11.6 Å². The zero-order valence-corrected chi connectivity index (χ0v) is 10.5. The molecule has 5 nitrogen and oxygen atoms in total. The SMILES string of the molecule is CC(C)(O)C(C)(C)Nc1nc[nH]c(=O)c1Cl. The molecule has 0 saturated carbocycles. The molecule has 90 valence electrons. The van der Waals surface area contributed by atoms with Gasteiger partial charge < -0.3 is 15.4 Å². The van der Waals surface area contributed by atoms with Crippen molar-refractivity contribution in [3.63, 3.8) is 0 Å². The number of H-pyrrole nitrogens is 1. The second-order valence-corrected chi connectivity index (χ2v) is 5.08. The van der Waals surface area contributed by atoms with Crippen LogP contribution in [-0.2, 0) is 0 Å². The molecule has 16 heavy (non-hydrogen) atoms. The first-order valence-electron chi connectivity index (χ1n) is 4.89. The first-order valence-corrected chi connectivity index (χ1v) is 5.27. The maximum atomic E-state index is 11.2. The molecule has 0 spiro atoms. The fraction of sp³-hybridized carbons (Fsp3) is 0.600. The van der Waals surface area contributed by atoms with Crippen LogP contribution in [0.15, 0.2) is 11.1 Å². The standard InChI is InChI=1S/C10H16ClN3O2/c1-9(2,10(3,4)16)14-7-6(11)8(15)13-5-12-7/h5,16H,1-4H3,(H2,12,13,14,15). The van der Waals surface area contributed by atoms with Crippen LogP contribution >= 0.6 is 11.6 Å². The van der Waals surface area contributed by atoms with Gasteiger partial charge in [-0.15, -0.1) is 0 Å². The van der Waals surface area contributed by atoms with E-state index in [1.807, 2.05) is 0 Å². The second kappa shape index (κ2) is 4.07. The van der Waals surface area contributed by atoms with Crippen molar-refractivity contribution >= 4 is 17.4 Å². The number of nitrogens with zero attached hydrogens (tertiary/aromatic N) is 1. The van der Waals surface area contributed by atoms with Crippen molar-refractivity contribution in [1.29, 1.82) is 0 Å². The Balaban J connectivity index is 3.06. The van der Waals surface area contributed by atoms with Crippen LogP contribution in [0.5, 0.6) is 0 Å². The van der Waals surface area contributed by atoms with Crippen LogP contribution in [0.3, 0.4) is 0 Å². The van der Waals surface area contributed by atoms with Gasteiger partial charge in [0.1, 0.15) is 5.02 Å². The number of anilines is 1. The molecule has 6 heteroatoms. The van der Waals surface area contributed by atoms with Crippen molar-refractivity contribution in [2.45, 2.75) is 38.8 Å². The molecule has 1 heterocycles. The van der Waals surface area contributed by atoms with Gasteiger partial charge in [0.15, 0.2) is 5.82 Å². The molecule has 0 fully saturated rings. The van der Waals surface area contributed by atoms with E-state index in [0.717, 1.165) is 0 Å². The van der Waals surface area contributed by atoms with Crippen molar-refractivity contribution in [2.24, 2.45) is 0 Å². The number of hydrogen-bond acceptors (Lipinski definition) is 4. The van der Waals surface area contributed by atoms with Gasteiger partial charge in [-0.2, -0.15) is 0 Å². The first kappa shape index (κ1) is 13.0. The quantitative estimate of drug-likeness (QED) is 0.752. The molecule has 1 rings (SSSR count). The fourth-order valence-corrected chi connectivity index (χ4v) is 1.07. The Kier molecular flexibility index (Phi) is 3.30. The molecule has 0 aliphatic heterocycles. The third-order valence-electron chi connectivity index (χ3n) is 2.76. The van der Waals surface area contributed by atoms with Crippen LogP contribution in [0, 0.1) is 0 Å². The predicted octanol–water partition coefficient (Wildman–Crippen LogP) is 1.38. The highest BCUT2D eigenvalue weighted by Gasteiger charge is 2.35. The summed E-state index contributed by atoms with van der Waals surface area (Å²) in [6, 6.07) is 0. The molecular weight excluding hydrogens is 230 g/mol. The van der Waals surface area contributed by atoms with E-state index in [2.05, 4.69) is 15.3 Å². The average Bonchev–Trinajstić information content (AvgIpc) is 2.11. The number of aromatic amines is 1. The van der Waals surface area contributed by atoms with Crippen molar-refractivity contribution in [3.8, 4) is 0 Å². The van der Waals surface area contributed by atoms with Crippen LogP contribution in [0.25, 0.3) is 0 Å². The van der Waals surface area contributed by atoms with Gasteiger partial charge in [-0.1, -0.05) is 11.6 Å². The normalized spacial score (nSPS) is 12.6. The molecule has 0 aromatic carbocycles. The molecule has 0 saturated heterocycles. The molecular formula is C10H16ClN3O2. The van der Waals surface area contributed by atoms with Crippen LogP contribution < -0.4 is 10.9 Å². The zero-order chi connectivity index (χ0) is 12.6. The lowest BCUT2D eigenvalue weighted by atomic mass is 9.86. The highest BCUT2D eigenvalue weighted by molar-refractivity contribution is 6.32. The van der Waals surface area contributed by atoms with Gasteiger partial charge in [-0.05, 0) is 27.7 Å². The first-order chi connectivity index (χ1) is 7.15. The summed E-state index contributed by atoms with van der Waals surface area (Å²) in [5.41, 5.74) is -2.07. The molecule has 0 aliphatic carbocycles. The number of nitrogens with one attached hydrogen (secondary N) is 2. The van der Waals surface area contributed by atoms with Gasteiger partial charge in [0.25, 0.3) is 5.56 Å². The highest BCUT2D eigenvalue weighted by atomic mass is 35.5. The Morgan fingerprint density at radius 1 is 1.44 bits per heavy atom. The molecule has 1 aromatic heterocycles. The number of halogens is 1. The van der Waals surface area contributed by atoms with Crippen molar-refractivity contribution in [2.75, 3.05) is 5.32 Å². The third kappa shape index (κ3) is 2.54. The lowest BCUT2D eigenvalue weighted by Crippen LogP contribution is -2.51. The zero-order valence-electron chi connectivity index (χ0n) is 9.76. The summed E-state index contributed by atoms with van der Waals surface area (Å²) in [7, 11) is 0. The summed E-state index contributed by atoms with van der Waals surface area (Å²) < 4.78 is 0. The second-order valence-electron chi connectivity index (χ2n) is 4.70. The molecule has 0 bridgehead atoms. The number of aromatic nitrogens is 2. The van der Waals surface area contributed by atoms with Gasteiger partial charge in [0.2, 0.25) is 0 Å². The van der Waals surface area contributed by atoms with Crippen LogP contribution in [0.2, 0.25) is 5.02 Å². The van der Waals surface area contributed by atoms with Crippen molar-refractivity contribution in [3.05, 3.63) is 21.7 Å². The number of hydrogen-bond donors (Lipinski definition) is 3. The molecule has 0 atom stereocenters. The van der Waals surface area contributed by atoms with E-state index < -0.39 is 16.7 Å². The predicted molar refractivity (Wildman–Crippen MR) is 63.9 cm³/mol. The topological polar surface area (TPSA) is 78.0 Å². The monoisotopic (exact) mass is 245 g/mol. The molecule has 0 amide bonds. The summed E-state index contributed by atoms with van der Waals surface area (Å²) in [6.45, 7) is 6.93. The lowest BCUT2D eigenvalue weighted by Gasteiger charge is -2.38. The fourth-order valence-electron chi connectivity index (χ4n) is 0.919. The smallest absolute Gasteiger partial charge is 0.271 e. The van der Waals surface area contributed by atoms with E-state index in [1.54, 1.807) is 27.7 Å². The van der Waals surface area contributed by atoms with Gasteiger partial charge in [-0.3, -0.25) is 4.79 Å². The van der Waals surface area contributed by atoms with Crippen LogP contribution in [-0.4, -0.2) is 26.2 Å². The van der Waals surface area contributed by atoms with Crippen molar-refractivity contribution in [1.82, 2.24) is 9.97 Å². The minimum absolute atomic E-state index is 0.0141. The molecule has 0 radical (unpaired) electrons. The van der Waals surface area contributed by atoms with E-state index in [0.29, 0.717) is 0 Å². The number of aliphatic hydroxyl groups is 1. The van der Waals surface area contributed by atoms with E-state index >= 15 is 0 Å². The summed E-state index contributed by atoms with van der Waals surface area (Å²) in [5, 5.41) is 12.9. The molecule has 0 unspecified atom stereocenters. The molecule has 1 aromatic rings. The van der Waals surface area contributed by atoms with Crippen LogP contribution in [0.4, 0.5) is 5.82 Å². The lowest BCUT2D eigenvalue weighted by molar-refractivity contribution is 0.0239. The van der Waals surface area contributed by atoms with E-state index in [-0.39, 0.29) is 10.8 Å². The summed E-state index contributed by atoms with van der Waals surface area (Å²) in [5.74, 6) is 0.262. The molecule has 3 N–H and O–H groups in total. The van der Waals surface area contributed by atoms with Gasteiger partial charge in [0.05, 0.1) is 17.5 Å². The largest absolute Gasteiger partial charge is 0.388 e. The third-order valence-corrected chi connectivity index (χ3v) is 3.11. The van der Waals surface area contributed by atoms with Gasteiger partial charge >= 0.3 is 0 Å². The summed E-state index contributed by atoms with van der Waals surface area (Å²) in [4.78, 5) is 17.5. The minimum atomic E-state index is -0.986. The number of rotatable bonds is 3. The Morgan fingerprint density at radius 3 is 2.50 bits per heavy atom. The Labute approximate surface area is 98.9 Å². The molecule has 0 aliphatic rings. The van der Waals surface area contributed by atoms with E-state index in [9.17, 15) is 9.90 Å². The average molecular weight is 246 g/mol. The summed E-state index contributed by atoms with van der Waals surface area (Å²) in [6.07, 6.45) is 1.26. The Bertz CT molecular complexity index is 434.